The molecule has 2 amide bonds. The van der Waals surface area contributed by atoms with E-state index in [0.717, 1.165) is 29.2 Å². The first-order valence-electron chi connectivity index (χ1n) is 11.2. The first-order chi connectivity index (χ1) is 16.1. The van der Waals surface area contributed by atoms with Crippen molar-refractivity contribution < 1.29 is 19.1 Å². The van der Waals surface area contributed by atoms with Crippen LogP contribution in [0.15, 0.2) is 54.6 Å². The number of ether oxygens (including phenoxy) is 2. The van der Waals surface area contributed by atoms with Crippen molar-refractivity contribution >= 4 is 34.2 Å². The minimum absolute atomic E-state index is 0.0251. The monoisotopic (exact) mass is 464 g/mol. The van der Waals surface area contributed by atoms with Gasteiger partial charge in [-0.2, -0.15) is 0 Å². The standard InChI is InChI=1S/C26H25ClN2O4/c27-22-13-17(14-23-24(22)33-12-11-32-23)15-28-25(30)19-7-4-10-29(16-19)26(31)21-9-3-6-18-5-1-2-8-20(18)21/h1-3,5-6,8-9,13-14,19H,4,7,10-12,15-16H2,(H,28,30). The molecule has 2 aliphatic rings. The van der Waals surface area contributed by atoms with Crippen molar-refractivity contribution in [3.05, 3.63) is 70.7 Å². The number of piperidine rings is 1. The first-order valence-corrected chi connectivity index (χ1v) is 11.6. The maximum absolute atomic E-state index is 13.3. The van der Waals surface area contributed by atoms with Gasteiger partial charge in [-0.25, -0.2) is 0 Å². The van der Waals surface area contributed by atoms with E-state index in [0.29, 0.717) is 54.9 Å². The number of nitrogens with zero attached hydrogens (tertiary/aromatic N) is 1. The topological polar surface area (TPSA) is 67.9 Å². The Kier molecular flexibility index (Phi) is 6.09. The Bertz CT molecular complexity index is 1210. The molecule has 6 nitrogen and oxygen atoms in total. The van der Waals surface area contributed by atoms with Crippen LogP contribution >= 0.6 is 11.6 Å². The molecule has 2 aliphatic heterocycles. The Hall–Kier alpha value is -3.25. The molecule has 7 heteroatoms. The third kappa shape index (κ3) is 4.48. The lowest BCUT2D eigenvalue weighted by atomic mass is 9.95. The number of likely N-dealkylation sites (tertiary alicyclic amines) is 1. The van der Waals surface area contributed by atoms with Gasteiger partial charge in [-0.3, -0.25) is 9.59 Å². The minimum atomic E-state index is -0.245. The molecule has 170 valence electrons. The number of benzene rings is 3. The summed E-state index contributed by atoms with van der Waals surface area (Å²) in [6.45, 7) is 2.35. The molecule has 33 heavy (non-hydrogen) atoms. The normalized spacial score (nSPS) is 17.6. The van der Waals surface area contributed by atoms with Crippen LogP contribution in [0.3, 0.4) is 0 Å². The molecule has 1 unspecified atom stereocenters. The van der Waals surface area contributed by atoms with Crippen LogP contribution in [0.25, 0.3) is 10.8 Å². The highest BCUT2D eigenvalue weighted by atomic mass is 35.5. The maximum atomic E-state index is 13.3. The average Bonchev–Trinajstić information content (AvgIpc) is 2.86. The van der Waals surface area contributed by atoms with Crippen LogP contribution in [0.5, 0.6) is 11.5 Å². The van der Waals surface area contributed by atoms with E-state index in [9.17, 15) is 9.59 Å². The summed E-state index contributed by atoms with van der Waals surface area (Å²) in [5.41, 5.74) is 1.53. The molecule has 1 saturated heterocycles. The van der Waals surface area contributed by atoms with E-state index >= 15 is 0 Å². The number of hydrogen-bond donors (Lipinski definition) is 1. The quantitative estimate of drug-likeness (QED) is 0.620. The van der Waals surface area contributed by atoms with Gasteiger partial charge in [0.25, 0.3) is 5.91 Å². The molecule has 3 aromatic rings. The van der Waals surface area contributed by atoms with Crippen LogP contribution in [-0.4, -0.2) is 43.0 Å². The van der Waals surface area contributed by atoms with Crippen LogP contribution in [-0.2, 0) is 11.3 Å². The van der Waals surface area contributed by atoms with E-state index < -0.39 is 0 Å². The zero-order valence-electron chi connectivity index (χ0n) is 18.2. The number of fused-ring (bicyclic) bond motifs is 2. The molecular formula is C26H25ClN2O4. The molecule has 2 heterocycles. The zero-order chi connectivity index (χ0) is 22.8. The maximum Gasteiger partial charge on any atom is 0.254 e. The van der Waals surface area contributed by atoms with Gasteiger partial charge in [0.2, 0.25) is 5.91 Å². The summed E-state index contributed by atoms with van der Waals surface area (Å²) in [6.07, 6.45) is 1.55. The van der Waals surface area contributed by atoms with Gasteiger partial charge in [-0.05, 0) is 47.4 Å². The van der Waals surface area contributed by atoms with E-state index in [1.54, 1.807) is 11.0 Å². The SMILES string of the molecule is O=C(NCc1cc(Cl)c2c(c1)OCCO2)C1CCCN(C(=O)c2cccc3ccccc23)C1. The number of hydrogen-bond acceptors (Lipinski definition) is 4. The van der Waals surface area contributed by atoms with Crippen molar-refractivity contribution in [3.63, 3.8) is 0 Å². The molecule has 0 aliphatic carbocycles. The fourth-order valence-electron chi connectivity index (χ4n) is 4.56. The van der Waals surface area contributed by atoms with E-state index in [4.69, 9.17) is 21.1 Å². The highest BCUT2D eigenvalue weighted by Gasteiger charge is 2.29. The lowest BCUT2D eigenvalue weighted by Gasteiger charge is -2.32. The van der Waals surface area contributed by atoms with E-state index in [2.05, 4.69) is 5.32 Å². The second-order valence-corrected chi connectivity index (χ2v) is 8.84. The average molecular weight is 465 g/mol. The summed E-state index contributed by atoms with van der Waals surface area (Å²) in [5, 5.41) is 5.44. The van der Waals surface area contributed by atoms with Crippen LogP contribution in [0.1, 0.15) is 28.8 Å². The summed E-state index contributed by atoms with van der Waals surface area (Å²) in [5.74, 6) is 0.820. The molecule has 1 fully saturated rings. The van der Waals surface area contributed by atoms with E-state index in [-0.39, 0.29) is 17.7 Å². The third-order valence-electron chi connectivity index (χ3n) is 6.22. The molecule has 0 aromatic heterocycles. The molecular weight excluding hydrogens is 440 g/mol. The van der Waals surface area contributed by atoms with Gasteiger partial charge < -0.3 is 19.7 Å². The van der Waals surface area contributed by atoms with Crippen LogP contribution in [0, 0.1) is 5.92 Å². The highest BCUT2D eigenvalue weighted by molar-refractivity contribution is 6.32. The molecule has 0 bridgehead atoms. The van der Waals surface area contributed by atoms with Crippen LogP contribution in [0.4, 0.5) is 0 Å². The number of nitrogens with one attached hydrogen (secondary N) is 1. The summed E-state index contributed by atoms with van der Waals surface area (Å²) in [6, 6.07) is 17.3. The Morgan fingerprint density at radius 2 is 1.88 bits per heavy atom. The zero-order valence-corrected chi connectivity index (χ0v) is 18.9. The molecule has 3 aromatic carbocycles. The second kappa shape index (κ2) is 9.32. The van der Waals surface area contributed by atoms with Crippen molar-refractivity contribution in [2.75, 3.05) is 26.3 Å². The van der Waals surface area contributed by atoms with Crippen molar-refractivity contribution in [3.8, 4) is 11.5 Å². The van der Waals surface area contributed by atoms with Gasteiger partial charge in [-0.15, -0.1) is 0 Å². The summed E-state index contributed by atoms with van der Waals surface area (Å²) in [4.78, 5) is 28.0. The third-order valence-corrected chi connectivity index (χ3v) is 6.50. The van der Waals surface area contributed by atoms with E-state index in [1.807, 2.05) is 48.5 Å². The minimum Gasteiger partial charge on any atom is -0.486 e. The summed E-state index contributed by atoms with van der Waals surface area (Å²) in [7, 11) is 0. The van der Waals surface area contributed by atoms with Gasteiger partial charge in [0.05, 0.1) is 10.9 Å². The van der Waals surface area contributed by atoms with Gasteiger partial charge in [0.1, 0.15) is 13.2 Å². The van der Waals surface area contributed by atoms with Gasteiger partial charge in [-0.1, -0.05) is 48.0 Å². The van der Waals surface area contributed by atoms with Crippen LogP contribution < -0.4 is 14.8 Å². The van der Waals surface area contributed by atoms with Crippen molar-refractivity contribution in [1.82, 2.24) is 10.2 Å². The molecule has 5 rings (SSSR count). The number of rotatable bonds is 4. The summed E-state index contributed by atoms with van der Waals surface area (Å²) >= 11 is 6.30. The van der Waals surface area contributed by atoms with Gasteiger partial charge >= 0.3 is 0 Å². The molecule has 0 spiro atoms. The van der Waals surface area contributed by atoms with Gasteiger partial charge in [0, 0.05) is 25.2 Å². The first kappa shape index (κ1) is 21.6. The highest BCUT2D eigenvalue weighted by Crippen LogP contribution is 2.38. The van der Waals surface area contributed by atoms with Gasteiger partial charge in [0.15, 0.2) is 11.5 Å². The molecule has 1 N–H and O–H groups in total. The van der Waals surface area contributed by atoms with Crippen molar-refractivity contribution in [2.24, 2.45) is 5.92 Å². The molecule has 0 saturated carbocycles. The summed E-state index contributed by atoms with van der Waals surface area (Å²) < 4.78 is 11.2. The Morgan fingerprint density at radius 3 is 2.79 bits per heavy atom. The fourth-order valence-corrected chi connectivity index (χ4v) is 4.85. The number of amides is 2. The Morgan fingerprint density at radius 1 is 1.06 bits per heavy atom. The van der Waals surface area contributed by atoms with Crippen molar-refractivity contribution in [1.29, 1.82) is 0 Å². The van der Waals surface area contributed by atoms with Crippen LogP contribution in [0.2, 0.25) is 5.02 Å². The second-order valence-electron chi connectivity index (χ2n) is 8.44. The molecule has 1 atom stereocenters. The van der Waals surface area contributed by atoms with Crippen molar-refractivity contribution in [2.45, 2.75) is 19.4 Å². The number of carbonyl (C=O) groups is 2. The smallest absolute Gasteiger partial charge is 0.254 e. The number of carbonyl (C=O) groups excluding carboxylic acids is 2. The lowest BCUT2D eigenvalue weighted by molar-refractivity contribution is -0.126. The Balaban J connectivity index is 1.25. The largest absolute Gasteiger partial charge is 0.486 e. The predicted octanol–water partition coefficient (Wildman–Crippen LogP) is 4.43. The Labute approximate surface area is 197 Å². The predicted molar refractivity (Wildman–Crippen MR) is 127 cm³/mol. The lowest BCUT2D eigenvalue weighted by Crippen LogP contribution is -2.45. The molecule has 0 radical (unpaired) electrons. The fraction of sp³-hybridized carbons (Fsp3) is 0.308. The van der Waals surface area contributed by atoms with E-state index in [1.165, 1.54) is 0 Å². The number of halogens is 1.